The van der Waals surface area contributed by atoms with Crippen LogP contribution in [-0.2, 0) is 19.0 Å². The van der Waals surface area contributed by atoms with Gasteiger partial charge in [0.25, 0.3) is 0 Å². The molecule has 3 amide bonds. The molecule has 0 aliphatic carbocycles. The second-order valence-electron chi connectivity index (χ2n) is 10.9. The van der Waals surface area contributed by atoms with Gasteiger partial charge in [-0.2, -0.15) is 11.8 Å². The average Bonchev–Trinajstić information content (AvgIpc) is 2.59. The summed E-state index contributed by atoms with van der Waals surface area (Å²) in [7, 11) is 0. The van der Waals surface area contributed by atoms with E-state index in [1.807, 2.05) is 0 Å². The molecule has 11 nitrogen and oxygen atoms in total. The number of carboxylic acids is 1. The van der Waals surface area contributed by atoms with E-state index in [0.29, 0.717) is 17.9 Å². The van der Waals surface area contributed by atoms with Gasteiger partial charge in [0, 0.05) is 6.54 Å². The van der Waals surface area contributed by atoms with Crippen molar-refractivity contribution in [1.29, 1.82) is 0 Å². The second kappa shape index (κ2) is 16.1. The van der Waals surface area contributed by atoms with E-state index in [1.165, 1.54) is 11.8 Å². The van der Waals surface area contributed by atoms with Crippen LogP contribution in [0.4, 0.5) is 14.4 Å². The molecule has 3 N–H and O–H groups in total. The van der Waals surface area contributed by atoms with Crippen LogP contribution in [0, 0.1) is 0 Å². The first kappa shape index (κ1) is 36.4. The van der Waals surface area contributed by atoms with E-state index in [-0.39, 0.29) is 31.8 Å². The molecule has 0 bridgehead atoms. The fourth-order valence-corrected chi connectivity index (χ4v) is 3.51. The molecule has 13 heteroatoms. The van der Waals surface area contributed by atoms with Gasteiger partial charge < -0.3 is 40.1 Å². The van der Waals surface area contributed by atoms with Crippen LogP contribution in [-0.4, -0.2) is 71.2 Å². The number of hydrogen-bond donors (Lipinski definition) is 3. The Kier molecular flexibility index (Phi) is 16.3. The number of rotatable bonds is 11. The Balaban J connectivity index is 0. The Bertz CT molecular complexity index is 718. The smallest absolute Gasteiger partial charge is 0.548 e. The summed E-state index contributed by atoms with van der Waals surface area (Å²) in [6.45, 7) is 15.6. The molecule has 0 saturated carbocycles. The zero-order chi connectivity index (χ0) is 27.4. The van der Waals surface area contributed by atoms with E-state index < -0.39 is 53.1 Å². The summed E-state index contributed by atoms with van der Waals surface area (Å²) in [6.07, 6.45) is -1.45. The van der Waals surface area contributed by atoms with Crippen LogP contribution in [0.3, 0.4) is 0 Å². The Morgan fingerprint density at radius 1 is 0.722 bits per heavy atom. The minimum atomic E-state index is -1.40. The number of amides is 3. The van der Waals surface area contributed by atoms with Crippen LogP contribution in [0.5, 0.6) is 0 Å². The molecule has 0 aliphatic heterocycles. The number of aliphatic carboxylic acids is 1. The molecule has 36 heavy (non-hydrogen) atoms. The van der Waals surface area contributed by atoms with Crippen molar-refractivity contribution in [3.8, 4) is 0 Å². The molecule has 0 saturated heterocycles. The first-order valence-corrected chi connectivity index (χ1v) is 12.7. The van der Waals surface area contributed by atoms with Crippen LogP contribution in [0.25, 0.3) is 0 Å². The molecule has 0 aliphatic rings. The third-order valence-electron chi connectivity index (χ3n) is 3.75. The first-order valence-electron chi connectivity index (χ1n) is 11.5. The molecule has 0 aromatic heterocycles. The van der Waals surface area contributed by atoms with Gasteiger partial charge in [-0.1, -0.05) is 0 Å². The van der Waals surface area contributed by atoms with Gasteiger partial charge >= 0.3 is 37.1 Å². The molecule has 2 atom stereocenters. The van der Waals surface area contributed by atoms with Gasteiger partial charge in [0.2, 0.25) is 0 Å². The van der Waals surface area contributed by atoms with Crippen LogP contribution >= 0.6 is 11.8 Å². The topological polar surface area (TPSA) is 155 Å². The van der Waals surface area contributed by atoms with E-state index in [2.05, 4.69) is 16.0 Å². The maximum Gasteiger partial charge on any atom is 1.00 e. The summed E-state index contributed by atoms with van der Waals surface area (Å²) in [5.74, 6) is -0.446. The summed E-state index contributed by atoms with van der Waals surface area (Å²) in [4.78, 5) is 47.4. The van der Waals surface area contributed by atoms with E-state index in [0.717, 1.165) is 0 Å². The van der Waals surface area contributed by atoms with Gasteiger partial charge in [-0.3, -0.25) is 0 Å². The minimum Gasteiger partial charge on any atom is -0.548 e. The SMILES string of the molecule is CC(C)(C)OC(=O)NC[C@@H](CCSCC[C@H](NC(=O)OC(C)(C)C)C(=O)[O-])NC(=O)OC(C)(C)C.[Li+]. The number of nitrogens with one attached hydrogen (secondary N) is 3. The molecular weight excluding hydrogens is 485 g/mol. The maximum absolute atomic E-state index is 12.2. The maximum atomic E-state index is 12.2. The number of hydrogen-bond acceptors (Lipinski definition) is 9. The predicted molar refractivity (Wildman–Crippen MR) is 132 cm³/mol. The zero-order valence-electron chi connectivity index (χ0n) is 23.4. The van der Waals surface area contributed by atoms with Gasteiger partial charge in [0.15, 0.2) is 0 Å². The van der Waals surface area contributed by atoms with E-state index in [4.69, 9.17) is 14.2 Å². The van der Waals surface area contributed by atoms with Crippen LogP contribution in [0.2, 0.25) is 0 Å². The van der Waals surface area contributed by atoms with Crippen molar-refractivity contribution in [3.63, 3.8) is 0 Å². The largest absolute Gasteiger partial charge is 1.00 e. The van der Waals surface area contributed by atoms with Gasteiger partial charge in [0.1, 0.15) is 16.8 Å². The third kappa shape index (κ3) is 21.5. The van der Waals surface area contributed by atoms with Crippen LogP contribution in [0.15, 0.2) is 0 Å². The summed E-state index contributed by atoms with van der Waals surface area (Å²) in [6, 6.07) is -1.64. The quantitative estimate of drug-likeness (QED) is 0.184. The summed E-state index contributed by atoms with van der Waals surface area (Å²) >= 11 is 1.43. The predicted octanol–water partition coefficient (Wildman–Crippen LogP) is -0.435. The van der Waals surface area contributed by atoms with Crippen molar-refractivity contribution >= 4 is 36.0 Å². The zero-order valence-corrected chi connectivity index (χ0v) is 24.2. The molecule has 0 spiro atoms. The van der Waals surface area contributed by atoms with Crippen molar-refractivity contribution in [3.05, 3.63) is 0 Å². The molecule has 0 fully saturated rings. The van der Waals surface area contributed by atoms with Crippen molar-refractivity contribution in [1.82, 2.24) is 16.0 Å². The minimum absolute atomic E-state index is 0. The van der Waals surface area contributed by atoms with Crippen LogP contribution < -0.4 is 39.9 Å². The summed E-state index contributed by atoms with van der Waals surface area (Å²) in [5, 5.41) is 19.0. The van der Waals surface area contributed by atoms with E-state index in [9.17, 15) is 24.3 Å². The number of carbonyl (C=O) groups excluding carboxylic acids is 4. The van der Waals surface area contributed by atoms with Gasteiger partial charge in [-0.15, -0.1) is 0 Å². The number of carbonyl (C=O) groups is 4. The van der Waals surface area contributed by atoms with Gasteiger partial charge in [0.05, 0.1) is 18.1 Å². The molecule has 0 radical (unpaired) electrons. The molecule has 0 unspecified atom stereocenters. The monoisotopic (exact) mass is 527 g/mol. The Labute approximate surface area is 231 Å². The van der Waals surface area contributed by atoms with E-state index in [1.54, 1.807) is 62.3 Å². The number of carboxylic acid groups (broad SMARTS) is 1. The summed E-state index contributed by atoms with van der Waals surface area (Å²) < 4.78 is 15.6. The fourth-order valence-electron chi connectivity index (χ4n) is 2.45. The molecule has 204 valence electrons. The standard InChI is InChI=1S/C23H43N3O8S.Li/c1-21(2,3)32-18(29)24-14-15(25-19(30)33-22(4,5)6)10-12-35-13-11-16(17(27)28)26-20(31)34-23(7,8)9;/h15-16H,10-14H2,1-9H3,(H,24,29)(H,25,30)(H,26,31)(H,27,28);/q;+1/p-1/t15-,16+;/m1./s1. The van der Waals surface area contributed by atoms with Crippen molar-refractivity contribution in [2.75, 3.05) is 18.1 Å². The molecule has 0 heterocycles. The van der Waals surface area contributed by atoms with Crippen molar-refractivity contribution in [2.45, 2.75) is 104 Å². The second-order valence-corrected chi connectivity index (χ2v) is 12.2. The normalized spacial score (nSPS) is 13.4. The van der Waals surface area contributed by atoms with Crippen molar-refractivity contribution in [2.24, 2.45) is 0 Å². The first-order chi connectivity index (χ1) is 15.8. The molecule has 0 aromatic rings. The molecule has 0 aromatic carbocycles. The van der Waals surface area contributed by atoms with Gasteiger partial charge in [-0.25, -0.2) is 14.4 Å². The van der Waals surface area contributed by atoms with Crippen LogP contribution in [0.1, 0.15) is 75.2 Å². The van der Waals surface area contributed by atoms with Crippen molar-refractivity contribution < 1.29 is 57.4 Å². The Morgan fingerprint density at radius 2 is 1.14 bits per heavy atom. The fraction of sp³-hybridized carbons (Fsp3) is 0.826. The molecule has 0 rings (SSSR count). The summed E-state index contributed by atoms with van der Waals surface area (Å²) in [5.41, 5.74) is -2.08. The number of alkyl carbamates (subject to hydrolysis) is 3. The van der Waals surface area contributed by atoms with Gasteiger partial charge in [-0.05, 0) is 86.7 Å². The number of ether oxygens (including phenoxy) is 3. The average molecular weight is 528 g/mol. The number of thioether (sulfide) groups is 1. The third-order valence-corrected chi connectivity index (χ3v) is 4.80. The Morgan fingerprint density at radius 3 is 1.58 bits per heavy atom. The molecular formula is C23H42LiN3O8S. The van der Waals surface area contributed by atoms with E-state index >= 15 is 0 Å². The Hall–Kier alpha value is -1.77.